The average molecular weight is 265 g/mol. The van der Waals surface area contributed by atoms with Crippen LogP contribution in [0.25, 0.3) is 0 Å². The van der Waals surface area contributed by atoms with Crippen molar-refractivity contribution >= 4 is 11.6 Å². The predicted molar refractivity (Wildman–Crippen MR) is 71.3 cm³/mol. The molecule has 1 aromatic heterocycles. The van der Waals surface area contributed by atoms with Crippen molar-refractivity contribution in [1.82, 2.24) is 9.88 Å². The van der Waals surface area contributed by atoms with E-state index in [1.165, 1.54) is 0 Å². The smallest absolute Gasteiger partial charge is 0.257 e. The summed E-state index contributed by atoms with van der Waals surface area (Å²) in [5, 5.41) is 3.00. The van der Waals surface area contributed by atoms with E-state index in [9.17, 15) is 4.79 Å². The number of aromatic nitrogens is 1. The fourth-order valence-corrected chi connectivity index (χ4v) is 2.32. The molecule has 1 aromatic rings. The lowest BCUT2D eigenvalue weighted by Gasteiger charge is -2.17. The van der Waals surface area contributed by atoms with Crippen molar-refractivity contribution in [1.29, 1.82) is 0 Å². The maximum atomic E-state index is 12.5. The molecular formula is C13H19N3O3. The van der Waals surface area contributed by atoms with E-state index >= 15 is 0 Å². The van der Waals surface area contributed by atoms with Gasteiger partial charge < -0.3 is 19.7 Å². The summed E-state index contributed by atoms with van der Waals surface area (Å²) >= 11 is 0. The Morgan fingerprint density at radius 1 is 1.37 bits per heavy atom. The molecule has 1 fully saturated rings. The van der Waals surface area contributed by atoms with Crippen LogP contribution in [0.2, 0.25) is 0 Å². The highest BCUT2D eigenvalue weighted by Crippen LogP contribution is 2.21. The number of amides is 1. The number of hydrogen-bond acceptors (Lipinski definition) is 5. The molecule has 0 bridgehead atoms. The maximum Gasteiger partial charge on any atom is 0.257 e. The molecule has 0 saturated carbocycles. The van der Waals surface area contributed by atoms with Crippen LogP contribution in [0.15, 0.2) is 18.5 Å². The third-order valence-electron chi connectivity index (χ3n) is 3.43. The van der Waals surface area contributed by atoms with Gasteiger partial charge in [-0.15, -0.1) is 0 Å². The van der Waals surface area contributed by atoms with Gasteiger partial charge in [0.25, 0.3) is 5.91 Å². The molecule has 19 heavy (non-hydrogen) atoms. The van der Waals surface area contributed by atoms with Gasteiger partial charge in [-0.25, -0.2) is 0 Å². The molecule has 104 valence electrons. The molecule has 1 saturated heterocycles. The molecule has 6 heteroatoms. The van der Waals surface area contributed by atoms with Gasteiger partial charge in [0.05, 0.1) is 5.56 Å². The Labute approximate surface area is 112 Å². The topological polar surface area (TPSA) is 63.7 Å². The van der Waals surface area contributed by atoms with Crippen molar-refractivity contribution in [3.05, 3.63) is 24.0 Å². The molecule has 1 amide bonds. The van der Waals surface area contributed by atoms with Crippen LogP contribution >= 0.6 is 0 Å². The standard InChI is InChI=1S/C13H19N3O3/c1-14-10-4-5-15-6-9(10)13(17)16-7-11(18-2)12(8-16)19-3/h4-6,11-12H,7-8H2,1-3H3,(H,14,15). The van der Waals surface area contributed by atoms with E-state index in [1.54, 1.807) is 44.6 Å². The number of likely N-dealkylation sites (tertiary alicyclic amines) is 1. The van der Waals surface area contributed by atoms with Gasteiger partial charge in [0.2, 0.25) is 0 Å². The summed E-state index contributed by atoms with van der Waals surface area (Å²) in [7, 11) is 5.05. The molecule has 1 aliphatic heterocycles. The zero-order valence-electron chi connectivity index (χ0n) is 11.4. The Morgan fingerprint density at radius 3 is 2.53 bits per heavy atom. The van der Waals surface area contributed by atoms with Gasteiger partial charge in [0.1, 0.15) is 12.2 Å². The second-order valence-electron chi connectivity index (χ2n) is 4.43. The number of ether oxygens (including phenoxy) is 2. The van der Waals surface area contributed by atoms with Crippen LogP contribution in [0.3, 0.4) is 0 Å². The van der Waals surface area contributed by atoms with Crippen molar-refractivity contribution < 1.29 is 14.3 Å². The summed E-state index contributed by atoms with van der Waals surface area (Å²) in [6, 6.07) is 1.78. The van der Waals surface area contributed by atoms with Gasteiger partial charge in [-0.1, -0.05) is 0 Å². The molecule has 1 aliphatic rings. The highest BCUT2D eigenvalue weighted by Gasteiger charge is 2.36. The molecule has 2 heterocycles. The number of anilines is 1. The van der Waals surface area contributed by atoms with E-state index in [4.69, 9.17) is 9.47 Å². The van der Waals surface area contributed by atoms with Gasteiger partial charge in [0.15, 0.2) is 0 Å². The highest BCUT2D eigenvalue weighted by molar-refractivity contribution is 5.99. The van der Waals surface area contributed by atoms with E-state index in [1.807, 2.05) is 0 Å². The van der Waals surface area contributed by atoms with E-state index in [2.05, 4.69) is 10.3 Å². The molecule has 1 N–H and O–H groups in total. The van der Waals surface area contributed by atoms with Crippen LogP contribution in [0.1, 0.15) is 10.4 Å². The van der Waals surface area contributed by atoms with Crippen molar-refractivity contribution in [2.24, 2.45) is 0 Å². The molecular weight excluding hydrogens is 246 g/mol. The molecule has 0 radical (unpaired) electrons. The van der Waals surface area contributed by atoms with Crippen LogP contribution < -0.4 is 5.32 Å². The lowest BCUT2D eigenvalue weighted by atomic mass is 10.2. The first-order valence-electron chi connectivity index (χ1n) is 6.17. The van der Waals surface area contributed by atoms with E-state index in [-0.39, 0.29) is 18.1 Å². The third-order valence-corrected chi connectivity index (χ3v) is 3.43. The van der Waals surface area contributed by atoms with Gasteiger partial charge in [0, 0.05) is 52.4 Å². The van der Waals surface area contributed by atoms with Crippen LogP contribution in [0.4, 0.5) is 5.69 Å². The van der Waals surface area contributed by atoms with Crippen LogP contribution in [-0.4, -0.2) is 62.4 Å². The normalized spacial score (nSPS) is 22.6. The molecule has 0 spiro atoms. The van der Waals surface area contributed by atoms with Crippen LogP contribution in [0.5, 0.6) is 0 Å². The fraction of sp³-hybridized carbons (Fsp3) is 0.538. The lowest BCUT2D eigenvalue weighted by molar-refractivity contribution is -0.00461. The number of methoxy groups -OCH3 is 2. The summed E-state index contributed by atoms with van der Waals surface area (Å²) in [4.78, 5) is 18.2. The number of carbonyl (C=O) groups excluding carboxylic acids is 1. The van der Waals surface area contributed by atoms with Crippen molar-refractivity contribution in [2.75, 3.05) is 39.7 Å². The van der Waals surface area contributed by atoms with E-state index < -0.39 is 0 Å². The molecule has 2 unspecified atom stereocenters. The van der Waals surface area contributed by atoms with E-state index in [0.717, 1.165) is 5.69 Å². The summed E-state index contributed by atoms with van der Waals surface area (Å²) in [5.41, 5.74) is 1.34. The maximum absolute atomic E-state index is 12.5. The summed E-state index contributed by atoms with van der Waals surface area (Å²) in [5.74, 6) is -0.0564. The number of nitrogens with zero attached hydrogens (tertiary/aromatic N) is 2. The first kappa shape index (κ1) is 13.8. The number of nitrogens with one attached hydrogen (secondary N) is 1. The second kappa shape index (κ2) is 5.99. The van der Waals surface area contributed by atoms with Crippen molar-refractivity contribution in [2.45, 2.75) is 12.2 Å². The van der Waals surface area contributed by atoms with Crippen molar-refractivity contribution in [3.63, 3.8) is 0 Å². The second-order valence-corrected chi connectivity index (χ2v) is 4.43. The fourth-order valence-electron chi connectivity index (χ4n) is 2.32. The highest BCUT2D eigenvalue weighted by atomic mass is 16.5. The quantitative estimate of drug-likeness (QED) is 0.864. The Balaban J connectivity index is 2.17. The Morgan fingerprint density at radius 2 is 2.00 bits per heavy atom. The van der Waals surface area contributed by atoms with Crippen LogP contribution in [0, 0.1) is 0 Å². The number of hydrogen-bond donors (Lipinski definition) is 1. The van der Waals surface area contributed by atoms with Gasteiger partial charge >= 0.3 is 0 Å². The number of carbonyl (C=O) groups is 1. The zero-order valence-corrected chi connectivity index (χ0v) is 11.4. The molecule has 0 aromatic carbocycles. The molecule has 6 nitrogen and oxygen atoms in total. The van der Waals surface area contributed by atoms with Crippen molar-refractivity contribution in [3.8, 4) is 0 Å². The first-order chi connectivity index (χ1) is 9.21. The Kier molecular flexibility index (Phi) is 4.34. The van der Waals surface area contributed by atoms with Gasteiger partial charge in [-0.05, 0) is 6.07 Å². The Bertz CT molecular complexity index is 441. The summed E-state index contributed by atoms with van der Waals surface area (Å²) in [6.45, 7) is 1.07. The lowest BCUT2D eigenvalue weighted by Crippen LogP contribution is -2.30. The SMILES string of the molecule is CNc1ccncc1C(=O)N1CC(OC)C(OC)C1. The monoisotopic (exact) mass is 265 g/mol. The number of pyridine rings is 1. The molecule has 2 atom stereocenters. The van der Waals surface area contributed by atoms with E-state index in [0.29, 0.717) is 18.7 Å². The summed E-state index contributed by atoms with van der Waals surface area (Å²) in [6.07, 6.45) is 3.07. The largest absolute Gasteiger partial charge is 0.387 e. The molecule has 2 rings (SSSR count). The third kappa shape index (κ3) is 2.69. The van der Waals surface area contributed by atoms with Gasteiger partial charge in [-0.2, -0.15) is 0 Å². The minimum absolute atomic E-state index is 0.0564. The minimum atomic E-state index is -0.0799. The first-order valence-corrected chi connectivity index (χ1v) is 6.17. The van der Waals surface area contributed by atoms with Gasteiger partial charge in [-0.3, -0.25) is 9.78 Å². The average Bonchev–Trinajstić information content (AvgIpc) is 2.89. The zero-order chi connectivity index (χ0) is 13.8. The number of rotatable bonds is 4. The molecule has 0 aliphatic carbocycles. The Hall–Kier alpha value is -1.66. The minimum Gasteiger partial charge on any atom is -0.387 e. The van der Waals surface area contributed by atoms with Crippen LogP contribution in [-0.2, 0) is 9.47 Å². The predicted octanol–water partition coefficient (Wildman–Crippen LogP) is 0.609. The summed E-state index contributed by atoms with van der Waals surface area (Å²) < 4.78 is 10.7.